The first-order valence-corrected chi connectivity index (χ1v) is 9.14. The quantitative estimate of drug-likeness (QED) is 0.825. The zero-order valence-corrected chi connectivity index (χ0v) is 14.2. The van der Waals surface area contributed by atoms with Gasteiger partial charge in [-0.15, -0.1) is 0 Å². The lowest BCUT2D eigenvalue weighted by Crippen LogP contribution is -2.42. The summed E-state index contributed by atoms with van der Waals surface area (Å²) >= 11 is 3.34. The molecule has 0 spiro atoms. The van der Waals surface area contributed by atoms with Crippen LogP contribution in [0.2, 0.25) is 0 Å². The summed E-state index contributed by atoms with van der Waals surface area (Å²) in [4.78, 5) is 0.252. The van der Waals surface area contributed by atoms with Crippen LogP contribution < -0.4 is 4.74 Å². The average Bonchev–Trinajstić information content (AvgIpc) is 2.41. The number of rotatable bonds is 4. The summed E-state index contributed by atoms with van der Waals surface area (Å²) in [5.41, 5.74) is 0. The van der Waals surface area contributed by atoms with E-state index in [2.05, 4.69) is 15.9 Å². The van der Waals surface area contributed by atoms with Crippen LogP contribution in [0.4, 0.5) is 0 Å². The number of piperidine rings is 1. The van der Waals surface area contributed by atoms with Gasteiger partial charge in [-0.1, -0.05) is 22.4 Å². The molecular formula is C14H20BrNO3S. The molecule has 20 heavy (non-hydrogen) atoms. The number of benzene rings is 1. The first kappa shape index (κ1) is 15.8. The summed E-state index contributed by atoms with van der Waals surface area (Å²) in [6.07, 6.45) is 2.92. The summed E-state index contributed by atoms with van der Waals surface area (Å²) in [5.74, 6) is 0.425. The van der Waals surface area contributed by atoms with Crippen molar-refractivity contribution in [3.8, 4) is 5.75 Å². The SMILES string of the molecule is CCOc1ccc(Br)cc1S(=O)(=O)N1CCCCC1C. The van der Waals surface area contributed by atoms with Crippen molar-refractivity contribution >= 4 is 26.0 Å². The van der Waals surface area contributed by atoms with Crippen LogP contribution in [-0.2, 0) is 10.0 Å². The molecule has 0 N–H and O–H groups in total. The van der Waals surface area contributed by atoms with E-state index in [4.69, 9.17) is 4.74 Å². The third kappa shape index (κ3) is 3.18. The van der Waals surface area contributed by atoms with E-state index in [0.29, 0.717) is 18.9 Å². The van der Waals surface area contributed by atoms with E-state index in [1.807, 2.05) is 13.8 Å². The molecule has 0 aliphatic carbocycles. The van der Waals surface area contributed by atoms with Gasteiger partial charge in [-0.25, -0.2) is 8.42 Å². The fourth-order valence-corrected chi connectivity index (χ4v) is 4.88. The molecule has 6 heteroatoms. The second-order valence-electron chi connectivity index (χ2n) is 4.98. The van der Waals surface area contributed by atoms with Gasteiger partial charge in [0.2, 0.25) is 10.0 Å². The van der Waals surface area contributed by atoms with Crippen LogP contribution >= 0.6 is 15.9 Å². The molecule has 1 aromatic rings. The number of ether oxygens (including phenoxy) is 1. The number of nitrogens with zero attached hydrogens (tertiary/aromatic N) is 1. The Labute approximate surface area is 129 Å². The second kappa shape index (κ2) is 6.45. The third-order valence-corrected chi connectivity index (χ3v) is 6.06. The molecule has 1 fully saturated rings. The van der Waals surface area contributed by atoms with Crippen molar-refractivity contribution in [2.75, 3.05) is 13.2 Å². The Hall–Kier alpha value is -0.590. The topological polar surface area (TPSA) is 46.6 Å². The first-order valence-electron chi connectivity index (χ1n) is 6.91. The van der Waals surface area contributed by atoms with E-state index in [-0.39, 0.29) is 10.9 Å². The Morgan fingerprint density at radius 3 is 2.80 bits per heavy atom. The standard InChI is InChI=1S/C14H20BrNO3S/c1-3-19-13-8-7-12(15)10-14(13)20(17,18)16-9-5-4-6-11(16)2/h7-8,10-11H,3-6,9H2,1-2H3. The number of hydrogen-bond donors (Lipinski definition) is 0. The molecule has 1 aliphatic rings. The Morgan fingerprint density at radius 2 is 2.15 bits per heavy atom. The van der Waals surface area contributed by atoms with Gasteiger partial charge in [-0.2, -0.15) is 4.31 Å². The van der Waals surface area contributed by atoms with Gasteiger partial charge in [0, 0.05) is 17.1 Å². The van der Waals surface area contributed by atoms with E-state index in [9.17, 15) is 8.42 Å². The van der Waals surface area contributed by atoms with E-state index >= 15 is 0 Å². The summed E-state index contributed by atoms with van der Waals surface area (Å²) in [6, 6.07) is 5.17. The van der Waals surface area contributed by atoms with Crippen molar-refractivity contribution in [1.82, 2.24) is 4.31 Å². The Kier molecular flexibility index (Phi) is 5.09. The van der Waals surface area contributed by atoms with Gasteiger partial charge in [0.1, 0.15) is 10.6 Å². The third-order valence-electron chi connectivity index (χ3n) is 3.53. The van der Waals surface area contributed by atoms with Crippen molar-refractivity contribution < 1.29 is 13.2 Å². The molecule has 4 nitrogen and oxygen atoms in total. The molecule has 0 bridgehead atoms. The molecule has 0 saturated carbocycles. The van der Waals surface area contributed by atoms with Gasteiger partial charge in [0.15, 0.2) is 0 Å². The van der Waals surface area contributed by atoms with Gasteiger partial charge < -0.3 is 4.74 Å². The lowest BCUT2D eigenvalue weighted by molar-refractivity contribution is 0.266. The van der Waals surface area contributed by atoms with Gasteiger partial charge in [0.05, 0.1) is 6.61 Å². The van der Waals surface area contributed by atoms with Crippen LogP contribution in [-0.4, -0.2) is 31.9 Å². The molecule has 1 aliphatic heterocycles. The maximum Gasteiger partial charge on any atom is 0.247 e. The molecule has 1 heterocycles. The normalized spacial score (nSPS) is 20.9. The molecule has 1 aromatic carbocycles. The number of halogens is 1. The lowest BCUT2D eigenvalue weighted by atomic mass is 10.1. The summed E-state index contributed by atoms with van der Waals surface area (Å²) in [5, 5.41) is 0. The van der Waals surface area contributed by atoms with Gasteiger partial charge in [-0.3, -0.25) is 0 Å². The predicted octanol–water partition coefficient (Wildman–Crippen LogP) is 3.41. The summed E-state index contributed by atoms with van der Waals surface area (Å²) in [7, 11) is -3.51. The van der Waals surface area contributed by atoms with Crippen LogP contribution in [0.5, 0.6) is 5.75 Å². The molecule has 2 rings (SSSR count). The highest BCUT2D eigenvalue weighted by atomic mass is 79.9. The molecule has 112 valence electrons. The fraction of sp³-hybridized carbons (Fsp3) is 0.571. The van der Waals surface area contributed by atoms with Gasteiger partial charge in [0.25, 0.3) is 0 Å². The molecule has 0 radical (unpaired) electrons. The lowest BCUT2D eigenvalue weighted by Gasteiger charge is -2.32. The van der Waals surface area contributed by atoms with Crippen LogP contribution in [0.1, 0.15) is 33.1 Å². The Morgan fingerprint density at radius 1 is 1.40 bits per heavy atom. The fourth-order valence-electron chi connectivity index (χ4n) is 2.51. The molecule has 1 atom stereocenters. The minimum atomic E-state index is -3.51. The molecule has 0 amide bonds. The first-order chi connectivity index (χ1) is 9.46. The van der Waals surface area contributed by atoms with Crippen molar-refractivity contribution in [3.05, 3.63) is 22.7 Å². The zero-order valence-electron chi connectivity index (χ0n) is 11.8. The van der Waals surface area contributed by atoms with E-state index in [0.717, 1.165) is 23.7 Å². The van der Waals surface area contributed by atoms with Crippen molar-refractivity contribution in [2.45, 2.75) is 44.0 Å². The average molecular weight is 362 g/mol. The maximum atomic E-state index is 12.9. The van der Waals surface area contributed by atoms with E-state index in [1.165, 1.54) is 0 Å². The number of sulfonamides is 1. The van der Waals surface area contributed by atoms with Gasteiger partial charge >= 0.3 is 0 Å². The highest BCUT2D eigenvalue weighted by Gasteiger charge is 2.33. The summed E-state index contributed by atoms with van der Waals surface area (Å²) < 4.78 is 33.6. The number of hydrogen-bond acceptors (Lipinski definition) is 3. The maximum absolute atomic E-state index is 12.9. The van der Waals surface area contributed by atoms with E-state index < -0.39 is 10.0 Å². The van der Waals surface area contributed by atoms with Crippen LogP contribution in [0, 0.1) is 0 Å². The highest BCUT2D eigenvalue weighted by molar-refractivity contribution is 9.10. The Bertz CT molecular complexity index is 574. The second-order valence-corrected chi connectivity index (χ2v) is 7.76. The van der Waals surface area contributed by atoms with Crippen LogP contribution in [0.25, 0.3) is 0 Å². The molecular weight excluding hydrogens is 342 g/mol. The summed E-state index contributed by atoms with van der Waals surface area (Å²) in [6.45, 7) is 4.85. The minimum absolute atomic E-state index is 0.0437. The van der Waals surface area contributed by atoms with Crippen molar-refractivity contribution in [1.29, 1.82) is 0 Å². The monoisotopic (exact) mass is 361 g/mol. The largest absolute Gasteiger partial charge is 0.492 e. The molecule has 1 saturated heterocycles. The van der Waals surface area contributed by atoms with Gasteiger partial charge in [-0.05, 0) is 44.9 Å². The Balaban J connectivity index is 2.44. The van der Waals surface area contributed by atoms with E-state index in [1.54, 1.807) is 22.5 Å². The van der Waals surface area contributed by atoms with Crippen molar-refractivity contribution in [3.63, 3.8) is 0 Å². The zero-order chi connectivity index (χ0) is 14.8. The van der Waals surface area contributed by atoms with Crippen molar-refractivity contribution in [2.24, 2.45) is 0 Å². The highest BCUT2D eigenvalue weighted by Crippen LogP contribution is 2.32. The minimum Gasteiger partial charge on any atom is -0.492 e. The van der Waals surface area contributed by atoms with Crippen LogP contribution in [0.3, 0.4) is 0 Å². The smallest absolute Gasteiger partial charge is 0.247 e. The predicted molar refractivity (Wildman–Crippen MR) is 82.5 cm³/mol. The molecule has 1 unspecified atom stereocenters. The van der Waals surface area contributed by atoms with Crippen LogP contribution in [0.15, 0.2) is 27.6 Å². The molecule has 0 aromatic heterocycles.